The molecule has 1 aromatic carbocycles. The zero-order valence-corrected chi connectivity index (χ0v) is 7.59. The largest absolute Gasteiger partial charge is 0.0969 e. The number of hydrogen-bond acceptors (Lipinski definition) is 0. The van der Waals surface area contributed by atoms with Gasteiger partial charge in [0, 0.05) is 12.5 Å². The molecule has 0 saturated heterocycles. The van der Waals surface area contributed by atoms with Crippen molar-refractivity contribution in [3.8, 4) is 11.8 Å². The Hall–Kier alpha value is -1.22. The highest BCUT2D eigenvalue weighted by Crippen LogP contribution is 2.17. The van der Waals surface area contributed by atoms with E-state index in [9.17, 15) is 0 Å². The molecule has 0 heteroatoms. The summed E-state index contributed by atoms with van der Waals surface area (Å²) in [5, 5.41) is 0. The lowest BCUT2D eigenvalue weighted by molar-refractivity contribution is 0.863. The first kappa shape index (κ1) is 8.87. The summed E-state index contributed by atoms with van der Waals surface area (Å²) in [6.07, 6.45) is 0. The molecule has 0 aliphatic rings. The normalized spacial score (nSPS) is 9.33. The Bertz CT molecular complexity index is 310. The number of rotatable bonds is 1. The Morgan fingerprint density at radius 2 is 1.92 bits per heavy atom. The van der Waals surface area contributed by atoms with Crippen LogP contribution in [-0.2, 0) is 0 Å². The highest BCUT2D eigenvalue weighted by Gasteiger charge is 2.01. The summed E-state index contributed by atoms with van der Waals surface area (Å²) < 4.78 is 0. The van der Waals surface area contributed by atoms with Crippen molar-refractivity contribution in [3.63, 3.8) is 0 Å². The minimum atomic E-state index is 0.530. The van der Waals surface area contributed by atoms with Crippen molar-refractivity contribution in [2.45, 2.75) is 19.8 Å². The zero-order valence-electron chi connectivity index (χ0n) is 7.59. The maximum atomic E-state index is 3.52. The maximum Gasteiger partial charge on any atom is 0.0279 e. The van der Waals surface area contributed by atoms with Crippen molar-refractivity contribution in [3.05, 3.63) is 42.3 Å². The zero-order chi connectivity index (χ0) is 8.97. The average Bonchev–Trinajstić information content (AvgIpc) is 2.05. The minimum absolute atomic E-state index is 0.530. The van der Waals surface area contributed by atoms with Crippen molar-refractivity contribution in [2.75, 3.05) is 0 Å². The molecule has 0 aliphatic heterocycles. The molecule has 0 atom stereocenters. The molecule has 0 heterocycles. The second-order valence-corrected chi connectivity index (χ2v) is 3.04. The molecule has 61 valence electrons. The summed E-state index contributed by atoms with van der Waals surface area (Å²) in [5.41, 5.74) is 2.40. The molecule has 12 heavy (non-hydrogen) atoms. The minimum Gasteiger partial charge on any atom is -0.0969 e. The molecule has 0 spiro atoms. The van der Waals surface area contributed by atoms with Gasteiger partial charge in [-0.1, -0.05) is 43.9 Å². The van der Waals surface area contributed by atoms with Crippen LogP contribution in [0.4, 0.5) is 0 Å². The van der Waals surface area contributed by atoms with Gasteiger partial charge in [0.25, 0.3) is 0 Å². The van der Waals surface area contributed by atoms with Gasteiger partial charge in [-0.15, -0.1) is 0 Å². The number of benzene rings is 1. The summed E-state index contributed by atoms with van der Waals surface area (Å²) in [6.45, 7) is 7.86. The predicted molar refractivity (Wildman–Crippen MR) is 52.8 cm³/mol. The Balaban J connectivity index is 3.14. The first-order chi connectivity index (χ1) is 5.75. The highest BCUT2D eigenvalue weighted by molar-refractivity contribution is 5.43. The van der Waals surface area contributed by atoms with E-state index in [4.69, 9.17) is 0 Å². The topological polar surface area (TPSA) is 0 Å². The Morgan fingerprint density at radius 1 is 1.25 bits per heavy atom. The van der Waals surface area contributed by atoms with E-state index < -0.39 is 0 Å². The fourth-order valence-electron chi connectivity index (χ4n) is 1.21. The smallest absolute Gasteiger partial charge is 0.0279 e. The molecule has 0 aliphatic carbocycles. The predicted octanol–water partition coefficient (Wildman–Crippen LogP) is 3.00. The standard InChI is InChI=1S/C12H13/c1-4-7-11-8-5-6-9-12(11)10(2)3/h5-6,8-10H,1H2,2-3H3. The van der Waals surface area contributed by atoms with E-state index in [2.05, 4.69) is 38.7 Å². The summed E-state index contributed by atoms with van der Waals surface area (Å²) in [7, 11) is 0. The van der Waals surface area contributed by atoms with Gasteiger partial charge in [-0.2, -0.15) is 0 Å². The van der Waals surface area contributed by atoms with Crippen LogP contribution < -0.4 is 0 Å². The fraction of sp³-hybridized carbons (Fsp3) is 0.250. The van der Waals surface area contributed by atoms with Gasteiger partial charge in [0.2, 0.25) is 0 Å². The quantitative estimate of drug-likeness (QED) is 0.550. The molecule has 0 bridgehead atoms. The molecule has 1 rings (SSSR count). The van der Waals surface area contributed by atoms with Crippen LogP contribution in [0.1, 0.15) is 30.9 Å². The molecular formula is C12H13. The summed E-state index contributed by atoms with van der Waals surface area (Å²) in [5.74, 6) is 6.21. The van der Waals surface area contributed by atoms with Gasteiger partial charge in [-0.25, -0.2) is 0 Å². The van der Waals surface area contributed by atoms with Crippen LogP contribution in [0.5, 0.6) is 0 Å². The van der Waals surface area contributed by atoms with Gasteiger partial charge < -0.3 is 0 Å². The lowest BCUT2D eigenvalue weighted by Crippen LogP contribution is -1.91. The molecule has 0 nitrogen and oxygen atoms in total. The Kier molecular flexibility index (Phi) is 2.94. The third kappa shape index (κ3) is 1.89. The van der Waals surface area contributed by atoms with Crippen LogP contribution >= 0.6 is 0 Å². The van der Waals surface area contributed by atoms with Gasteiger partial charge in [0.1, 0.15) is 0 Å². The van der Waals surface area contributed by atoms with Crippen LogP contribution in [0.25, 0.3) is 0 Å². The lowest BCUT2D eigenvalue weighted by Gasteiger charge is -2.06. The SMILES string of the molecule is [CH2]C#Cc1ccccc1C(C)C. The van der Waals surface area contributed by atoms with E-state index in [0.717, 1.165) is 5.56 Å². The van der Waals surface area contributed by atoms with Gasteiger partial charge in [-0.3, -0.25) is 0 Å². The molecule has 1 aromatic rings. The summed E-state index contributed by atoms with van der Waals surface area (Å²) >= 11 is 0. The maximum absolute atomic E-state index is 3.52. The second-order valence-electron chi connectivity index (χ2n) is 3.04. The first-order valence-electron chi connectivity index (χ1n) is 4.12. The first-order valence-corrected chi connectivity index (χ1v) is 4.12. The highest BCUT2D eigenvalue weighted by atomic mass is 14.1. The van der Waals surface area contributed by atoms with E-state index in [1.807, 2.05) is 18.2 Å². The molecule has 0 N–H and O–H groups in total. The monoisotopic (exact) mass is 157 g/mol. The van der Waals surface area contributed by atoms with Gasteiger partial charge in [-0.05, 0) is 17.5 Å². The molecule has 0 saturated carbocycles. The van der Waals surface area contributed by atoms with Crippen LogP contribution in [-0.4, -0.2) is 0 Å². The van der Waals surface area contributed by atoms with Crippen LogP contribution in [0, 0.1) is 18.8 Å². The molecule has 0 unspecified atom stereocenters. The molecular weight excluding hydrogens is 144 g/mol. The van der Waals surface area contributed by atoms with E-state index in [1.54, 1.807) is 0 Å². The van der Waals surface area contributed by atoms with E-state index >= 15 is 0 Å². The molecule has 1 radical (unpaired) electrons. The Labute approximate surface area is 74.6 Å². The van der Waals surface area contributed by atoms with Crippen LogP contribution in [0.2, 0.25) is 0 Å². The van der Waals surface area contributed by atoms with E-state index in [-0.39, 0.29) is 0 Å². The van der Waals surface area contributed by atoms with Gasteiger partial charge in [0.05, 0.1) is 0 Å². The number of hydrogen-bond donors (Lipinski definition) is 0. The van der Waals surface area contributed by atoms with Gasteiger partial charge >= 0.3 is 0 Å². The molecule has 0 aromatic heterocycles. The average molecular weight is 157 g/mol. The van der Waals surface area contributed by atoms with Crippen molar-refractivity contribution in [2.24, 2.45) is 0 Å². The van der Waals surface area contributed by atoms with Crippen molar-refractivity contribution in [1.82, 2.24) is 0 Å². The third-order valence-electron chi connectivity index (χ3n) is 1.81. The lowest BCUT2D eigenvalue weighted by atomic mass is 9.98. The van der Waals surface area contributed by atoms with Crippen molar-refractivity contribution >= 4 is 0 Å². The van der Waals surface area contributed by atoms with Crippen LogP contribution in [0.15, 0.2) is 24.3 Å². The second kappa shape index (κ2) is 3.97. The summed E-state index contributed by atoms with van der Waals surface area (Å²) in [6, 6.07) is 8.20. The van der Waals surface area contributed by atoms with Crippen LogP contribution in [0.3, 0.4) is 0 Å². The third-order valence-corrected chi connectivity index (χ3v) is 1.81. The van der Waals surface area contributed by atoms with Crippen molar-refractivity contribution < 1.29 is 0 Å². The summed E-state index contributed by atoms with van der Waals surface area (Å²) in [4.78, 5) is 0. The fourth-order valence-corrected chi connectivity index (χ4v) is 1.21. The van der Waals surface area contributed by atoms with E-state index in [1.165, 1.54) is 5.56 Å². The molecule has 0 fully saturated rings. The Morgan fingerprint density at radius 3 is 2.50 bits per heavy atom. The van der Waals surface area contributed by atoms with Crippen molar-refractivity contribution in [1.29, 1.82) is 0 Å². The van der Waals surface area contributed by atoms with E-state index in [0.29, 0.717) is 5.92 Å². The molecule has 0 amide bonds. The van der Waals surface area contributed by atoms with Gasteiger partial charge in [0.15, 0.2) is 0 Å².